The van der Waals surface area contributed by atoms with Crippen molar-refractivity contribution in [3.05, 3.63) is 162 Å². The Morgan fingerprint density at radius 3 is 2.29 bits per heavy atom. The van der Waals surface area contributed by atoms with E-state index >= 15 is 0 Å². The van der Waals surface area contributed by atoms with Crippen LogP contribution in [0.25, 0.3) is 11.8 Å². The molecule has 9 heteroatoms. The Labute approximate surface area is 281 Å². The number of rotatable bonds is 10. The van der Waals surface area contributed by atoms with Crippen LogP contribution in [0.1, 0.15) is 70.9 Å². The molecule has 0 spiro atoms. The summed E-state index contributed by atoms with van der Waals surface area (Å²) in [6.45, 7) is 6.38. The third-order valence-electron chi connectivity index (χ3n) is 8.09. The van der Waals surface area contributed by atoms with Crippen molar-refractivity contribution in [2.75, 3.05) is 6.61 Å². The molecule has 8 nitrogen and oxygen atoms in total. The number of benzene rings is 4. The third kappa shape index (κ3) is 6.63. The number of carbonyl (C=O) groups excluding carboxylic acids is 1. The molecule has 1 aliphatic rings. The number of nitrogens with zero attached hydrogens (tertiary/aromatic N) is 2. The third-order valence-corrected chi connectivity index (χ3v) is 9.08. The zero-order valence-corrected chi connectivity index (χ0v) is 27.6. The number of hydrogen-bond acceptors (Lipinski definition) is 7. The fourth-order valence-corrected chi connectivity index (χ4v) is 6.59. The van der Waals surface area contributed by atoms with Gasteiger partial charge in [0.15, 0.2) is 4.80 Å². The molecule has 0 radical (unpaired) electrons. The number of carbonyl (C=O) groups is 2. The van der Waals surface area contributed by atoms with Crippen molar-refractivity contribution in [1.82, 2.24) is 4.57 Å². The lowest BCUT2D eigenvalue weighted by Crippen LogP contribution is -2.40. The van der Waals surface area contributed by atoms with Crippen molar-refractivity contribution in [3.8, 4) is 5.75 Å². The van der Waals surface area contributed by atoms with E-state index in [1.807, 2.05) is 78.9 Å². The zero-order valence-electron chi connectivity index (χ0n) is 26.8. The Hall–Kier alpha value is -5.54. The molecule has 0 saturated carbocycles. The van der Waals surface area contributed by atoms with Gasteiger partial charge in [-0.25, -0.2) is 14.6 Å². The van der Waals surface area contributed by atoms with Crippen LogP contribution in [0.5, 0.6) is 5.75 Å². The maximum atomic E-state index is 14.3. The highest BCUT2D eigenvalue weighted by molar-refractivity contribution is 7.07. The summed E-state index contributed by atoms with van der Waals surface area (Å²) in [6, 6.07) is 30.6. The molecule has 1 aliphatic heterocycles. The summed E-state index contributed by atoms with van der Waals surface area (Å²) in [5, 5.41) is 9.20. The minimum Gasteiger partial charge on any atom is -0.488 e. The molecule has 0 saturated heterocycles. The fourth-order valence-electron chi connectivity index (χ4n) is 5.60. The summed E-state index contributed by atoms with van der Waals surface area (Å²) in [6.07, 6.45) is 1.78. The molecule has 1 atom stereocenters. The van der Waals surface area contributed by atoms with Crippen LogP contribution in [0.2, 0.25) is 0 Å². The van der Waals surface area contributed by atoms with E-state index in [0.29, 0.717) is 37.8 Å². The average molecular weight is 659 g/mol. The second kappa shape index (κ2) is 14.1. The molecule has 4 aromatic carbocycles. The topological polar surface area (TPSA) is 107 Å². The summed E-state index contributed by atoms with van der Waals surface area (Å²) in [4.78, 5) is 44.7. The number of ether oxygens (including phenoxy) is 2. The van der Waals surface area contributed by atoms with Crippen molar-refractivity contribution in [1.29, 1.82) is 0 Å². The van der Waals surface area contributed by atoms with Crippen molar-refractivity contribution in [3.63, 3.8) is 0 Å². The molecule has 0 fully saturated rings. The van der Waals surface area contributed by atoms with Crippen LogP contribution in [0.15, 0.2) is 118 Å². The minimum absolute atomic E-state index is 0.175. The molecule has 1 aromatic heterocycles. The Balaban J connectivity index is 1.48. The van der Waals surface area contributed by atoms with Crippen LogP contribution in [0.4, 0.5) is 0 Å². The Bertz CT molecular complexity index is 2180. The van der Waals surface area contributed by atoms with Gasteiger partial charge in [0, 0.05) is 11.1 Å². The molecule has 0 bridgehead atoms. The molecule has 0 unspecified atom stereocenters. The van der Waals surface area contributed by atoms with Crippen LogP contribution < -0.4 is 19.6 Å². The van der Waals surface area contributed by atoms with E-state index in [2.05, 4.69) is 13.8 Å². The van der Waals surface area contributed by atoms with Crippen LogP contribution in [0, 0.1) is 0 Å². The average Bonchev–Trinajstić information content (AvgIpc) is 3.41. The summed E-state index contributed by atoms with van der Waals surface area (Å²) >= 11 is 1.25. The van der Waals surface area contributed by atoms with E-state index in [0.717, 1.165) is 22.3 Å². The lowest BCUT2D eigenvalue weighted by atomic mass is 9.91. The number of carboxylic acid groups (broad SMARTS) is 1. The van der Waals surface area contributed by atoms with Gasteiger partial charge in [-0.2, -0.15) is 0 Å². The molecular weight excluding hydrogens is 625 g/mol. The molecule has 0 aliphatic carbocycles. The molecule has 2 heterocycles. The highest BCUT2D eigenvalue weighted by Crippen LogP contribution is 2.35. The van der Waals surface area contributed by atoms with Crippen molar-refractivity contribution >= 4 is 35.0 Å². The number of thiazole rings is 1. The van der Waals surface area contributed by atoms with E-state index < -0.39 is 18.0 Å². The Kier molecular flexibility index (Phi) is 9.50. The maximum Gasteiger partial charge on any atom is 0.338 e. The van der Waals surface area contributed by atoms with Gasteiger partial charge in [0.05, 0.1) is 34.0 Å². The normalized spacial score (nSPS) is 14.4. The quantitative estimate of drug-likeness (QED) is 0.176. The molecule has 5 aromatic rings. The number of para-hydroxylation sites is 1. The predicted octanol–water partition coefficient (Wildman–Crippen LogP) is 6.34. The summed E-state index contributed by atoms with van der Waals surface area (Å²) in [7, 11) is 0. The van der Waals surface area contributed by atoms with Gasteiger partial charge in [-0.15, -0.1) is 0 Å². The number of fused-ring (bicyclic) bond motifs is 1. The number of aromatic nitrogens is 1. The van der Waals surface area contributed by atoms with Gasteiger partial charge in [0.1, 0.15) is 12.4 Å². The Morgan fingerprint density at radius 2 is 1.62 bits per heavy atom. The van der Waals surface area contributed by atoms with E-state index in [4.69, 9.17) is 14.5 Å². The van der Waals surface area contributed by atoms with Crippen LogP contribution >= 0.6 is 11.3 Å². The lowest BCUT2D eigenvalue weighted by Gasteiger charge is -2.26. The van der Waals surface area contributed by atoms with Crippen LogP contribution in [-0.4, -0.2) is 28.2 Å². The standard InChI is InChI=1S/C39H34N2O6S/c1-4-46-38(45)33-34(27-10-6-5-7-11-27)40-39-41(35(33)28-20-18-26(19-21-28)24(2)3)36(42)32(48-39)22-30-12-8-9-13-31(30)47-23-25-14-16-29(17-15-25)37(43)44/h5-22,24,35H,4,23H2,1-3H3,(H,43,44)/b32-22-/t35-/m1/s1. The van der Waals surface area contributed by atoms with E-state index in [1.54, 1.807) is 29.7 Å². The van der Waals surface area contributed by atoms with Gasteiger partial charge in [-0.05, 0) is 53.8 Å². The van der Waals surface area contributed by atoms with Crippen LogP contribution in [0.3, 0.4) is 0 Å². The van der Waals surface area contributed by atoms with Gasteiger partial charge in [-0.3, -0.25) is 9.36 Å². The first-order valence-electron chi connectivity index (χ1n) is 15.7. The number of aromatic carboxylic acids is 1. The smallest absolute Gasteiger partial charge is 0.338 e. The first-order chi connectivity index (χ1) is 23.2. The zero-order chi connectivity index (χ0) is 33.8. The van der Waals surface area contributed by atoms with Crippen molar-refractivity contribution in [2.45, 2.75) is 39.3 Å². The molecule has 242 valence electrons. The van der Waals surface area contributed by atoms with E-state index in [-0.39, 0.29) is 24.3 Å². The lowest BCUT2D eigenvalue weighted by molar-refractivity contribution is -0.138. The first-order valence-corrected chi connectivity index (χ1v) is 16.5. The van der Waals surface area contributed by atoms with Gasteiger partial charge in [0.2, 0.25) is 0 Å². The van der Waals surface area contributed by atoms with Gasteiger partial charge >= 0.3 is 11.9 Å². The monoisotopic (exact) mass is 658 g/mol. The predicted molar refractivity (Wildman–Crippen MR) is 186 cm³/mol. The number of carboxylic acids is 1. The highest BCUT2D eigenvalue weighted by atomic mass is 32.1. The number of esters is 1. The Morgan fingerprint density at radius 1 is 0.938 bits per heavy atom. The second-order valence-corrected chi connectivity index (χ2v) is 12.6. The molecular formula is C39H34N2O6S. The van der Waals surface area contributed by atoms with Crippen molar-refractivity contribution < 1.29 is 24.2 Å². The van der Waals surface area contributed by atoms with E-state index in [9.17, 15) is 19.5 Å². The molecule has 6 rings (SSSR count). The van der Waals surface area contributed by atoms with Gasteiger partial charge in [0.25, 0.3) is 5.56 Å². The largest absolute Gasteiger partial charge is 0.488 e. The molecule has 48 heavy (non-hydrogen) atoms. The number of hydrogen-bond donors (Lipinski definition) is 1. The highest BCUT2D eigenvalue weighted by Gasteiger charge is 2.35. The minimum atomic E-state index is -0.991. The van der Waals surface area contributed by atoms with Crippen LogP contribution in [-0.2, 0) is 16.1 Å². The van der Waals surface area contributed by atoms with Gasteiger partial charge < -0.3 is 14.6 Å². The SMILES string of the molecule is CCOC(=O)C1=C(c2ccccc2)N=c2s/c(=C\c3ccccc3OCc3ccc(C(=O)O)cc3)c(=O)n2[C@@H]1c1ccc(C(C)C)cc1. The molecule has 0 amide bonds. The summed E-state index contributed by atoms with van der Waals surface area (Å²) in [5.74, 6) is -0.646. The van der Waals surface area contributed by atoms with E-state index in [1.165, 1.54) is 23.5 Å². The second-order valence-electron chi connectivity index (χ2n) is 11.6. The summed E-state index contributed by atoms with van der Waals surface area (Å²) in [5.41, 5.74) is 4.84. The first kappa shape index (κ1) is 32.4. The van der Waals surface area contributed by atoms with Crippen molar-refractivity contribution in [2.24, 2.45) is 4.99 Å². The summed E-state index contributed by atoms with van der Waals surface area (Å²) < 4.78 is 13.7. The maximum absolute atomic E-state index is 14.3. The molecule has 1 N–H and O–H groups in total. The van der Waals surface area contributed by atoms with Gasteiger partial charge in [-0.1, -0.05) is 110 Å². The fraction of sp³-hybridized carbons (Fsp3) is 0.179.